The highest BCUT2D eigenvalue weighted by molar-refractivity contribution is 5.46. The van der Waals surface area contributed by atoms with E-state index in [1.165, 1.54) is 44.6 Å². The molecule has 1 aliphatic carbocycles. The predicted molar refractivity (Wildman–Crippen MR) is 80.4 cm³/mol. The van der Waals surface area contributed by atoms with Crippen molar-refractivity contribution in [2.75, 3.05) is 37.6 Å². The molecular formula is C16H25N3. The van der Waals surface area contributed by atoms with E-state index < -0.39 is 0 Å². The fraction of sp³-hybridized carbons (Fsp3) is 0.625. The average Bonchev–Trinajstić information content (AvgIpc) is 2.44. The van der Waals surface area contributed by atoms with Gasteiger partial charge in [0.05, 0.1) is 0 Å². The zero-order valence-electron chi connectivity index (χ0n) is 11.7. The number of hydrogen-bond acceptors (Lipinski definition) is 3. The largest absolute Gasteiger partial charge is 0.369 e. The summed E-state index contributed by atoms with van der Waals surface area (Å²) in [7, 11) is 0. The summed E-state index contributed by atoms with van der Waals surface area (Å²) in [6.45, 7) is 5.99. The van der Waals surface area contributed by atoms with Gasteiger partial charge in [-0.1, -0.05) is 18.2 Å². The summed E-state index contributed by atoms with van der Waals surface area (Å²) in [5.41, 5.74) is 7.21. The van der Waals surface area contributed by atoms with E-state index in [0.29, 0.717) is 6.04 Å². The van der Waals surface area contributed by atoms with Crippen molar-refractivity contribution >= 4 is 5.69 Å². The van der Waals surface area contributed by atoms with Gasteiger partial charge in [-0.25, -0.2) is 0 Å². The van der Waals surface area contributed by atoms with Gasteiger partial charge in [-0.2, -0.15) is 0 Å². The minimum absolute atomic E-state index is 0.500. The molecule has 2 fully saturated rings. The Morgan fingerprint density at radius 3 is 2.32 bits per heavy atom. The molecule has 2 N–H and O–H groups in total. The predicted octanol–water partition coefficient (Wildman–Crippen LogP) is 1.94. The van der Waals surface area contributed by atoms with Crippen LogP contribution in [0.4, 0.5) is 5.69 Å². The molecule has 1 aliphatic heterocycles. The van der Waals surface area contributed by atoms with Gasteiger partial charge in [-0.3, -0.25) is 4.90 Å². The van der Waals surface area contributed by atoms with E-state index in [0.717, 1.165) is 19.0 Å². The normalized spacial score (nSPS) is 28.2. The third kappa shape index (κ3) is 3.28. The molecule has 0 atom stereocenters. The molecule has 1 heterocycles. The monoisotopic (exact) mass is 259 g/mol. The maximum absolute atomic E-state index is 5.84. The molecule has 1 saturated carbocycles. The van der Waals surface area contributed by atoms with Gasteiger partial charge in [-0.05, 0) is 43.9 Å². The smallest absolute Gasteiger partial charge is 0.0367 e. The summed E-state index contributed by atoms with van der Waals surface area (Å²) in [5, 5.41) is 0. The van der Waals surface area contributed by atoms with E-state index in [1.807, 2.05) is 0 Å². The highest BCUT2D eigenvalue weighted by Gasteiger charge is 2.26. The van der Waals surface area contributed by atoms with Crippen LogP contribution in [0.5, 0.6) is 0 Å². The number of benzene rings is 1. The number of rotatable bonds is 4. The highest BCUT2D eigenvalue weighted by atomic mass is 15.3. The van der Waals surface area contributed by atoms with Gasteiger partial charge >= 0.3 is 0 Å². The van der Waals surface area contributed by atoms with Crippen LogP contribution in [-0.4, -0.2) is 43.7 Å². The minimum atomic E-state index is 0.500. The van der Waals surface area contributed by atoms with E-state index in [2.05, 4.69) is 40.1 Å². The maximum Gasteiger partial charge on any atom is 0.0367 e. The molecule has 0 aromatic heterocycles. The van der Waals surface area contributed by atoms with Crippen LogP contribution in [0.15, 0.2) is 30.3 Å². The van der Waals surface area contributed by atoms with Gasteiger partial charge in [0.1, 0.15) is 0 Å². The zero-order valence-corrected chi connectivity index (χ0v) is 11.7. The molecule has 19 heavy (non-hydrogen) atoms. The molecule has 3 rings (SSSR count). The third-order valence-corrected chi connectivity index (χ3v) is 4.62. The molecule has 0 bridgehead atoms. The molecule has 2 aliphatic rings. The second-order valence-electron chi connectivity index (χ2n) is 6.05. The Labute approximate surface area is 116 Å². The Hall–Kier alpha value is -1.06. The highest BCUT2D eigenvalue weighted by Crippen LogP contribution is 2.28. The zero-order chi connectivity index (χ0) is 13.1. The van der Waals surface area contributed by atoms with E-state index in [-0.39, 0.29) is 0 Å². The van der Waals surface area contributed by atoms with Gasteiger partial charge in [0.15, 0.2) is 0 Å². The van der Waals surface area contributed by atoms with Crippen LogP contribution in [0.25, 0.3) is 0 Å². The fourth-order valence-corrected chi connectivity index (χ4v) is 3.26. The minimum Gasteiger partial charge on any atom is -0.369 e. The first kappa shape index (κ1) is 12.9. The van der Waals surface area contributed by atoms with Gasteiger partial charge in [0.2, 0.25) is 0 Å². The second kappa shape index (κ2) is 5.93. The first-order chi connectivity index (χ1) is 9.31. The molecule has 1 aromatic carbocycles. The molecule has 0 amide bonds. The molecule has 0 unspecified atom stereocenters. The van der Waals surface area contributed by atoms with Crippen molar-refractivity contribution in [1.82, 2.24) is 4.90 Å². The standard InChI is InChI=1S/C16H25N3/c17-15-12-14(13-15)6-7-18-8-10-19(11-9-18)16-4-2-1-3-5-16/h1-5,14-15H,6-13,17H2. The lowest BCUT2D eigenvalue weighted by Crippen LogP contribution is -2.47. The topological polar surface area (TPSA) is 32.5 Å². The molecule has 1 aromatic rings. The molecule has 1 saturated heterocycles. The molecule has 3 nitrogen and oxygen atoms in total. The molecule has 0 spiro atoms. The molecule has 104 valence electrons. The second-order valence-corrected chi connectivity index (χ2v) is 6.05. The number of anilines is 1. The van der Waals surface area contributed by atoms with Crippen molar-refractivity contribution in [1.29, 1.82) is 0 Å². The number of nitrogens with two attached hydrogens (primary N) is 1. The van der Waals surface area contributed by atoms with Crippen molar-refractivity contribution in [3.05, 3.63) is 30.3 Å². The Morgan fingerprint density at radius 1 is 1.00 bits per heavy atom. The van der Waals surface area contributed by atoms with E-state index >= 15 is 0 Å². The summed E-state index contributed by atoms with van der Waals surface area (Å²) in [6, 6.07) is 11.3. The van der Waals surface area contributed by atoms with Gasteiger partial charge < -0.3 is 10.6 Å². The SMILES string of the molecule is NC1CC(CCN2CCN(c3ccccc3)CC2)C1. The summed E-state index contributed by atoms with van der Waals surface area (Å²) >= 11 is 0. The van der Waals surface area contributed by atoms with Crippen molar-refractivity contribution in [3.8, 4) is 0 Å². The summed E-state index contributed by atoms with van der Waals surface area (Å²) in [6.07, 6.45) is 3.85. The average molecular weight is 259 g/mol. The molecule has 0 radical (unpaired) electrons. The fourth-order valence-electron chi connectivity index (χ4n) is 3.26. The van der Waals surface area contributed by atoms with Crippen LogP contribution < -0.4 is 10.6 Å². The Morgan fingerprint density at radius 2 is 1.68 bits per heavy atom. The quantitative estimate of drug-likeness (QED) is 0.897. The molecule has 3 heteroatoms. The Bertz CT molecular complexity index is 378. The van der Waals surface area contributed by atoms with Gasteiger partial charge in [0, 0.05) is 37.9 Å². The maximum atomic E-state index is 5.84. The van der Waals surface area contributed by atoms with Crippen molar-refractivity contribution in [2.24, 2.45) is 11.7 Å². The first-order valence-corrected chi connectivity index (χ1v) is 7.59. The van der Waals surface area contributed by atoms with Crippen molar-refractivity contribution in [3.63, 3.8) is 0 Å². The summed E-state index contributed by atoms with van der Waals surface area (Å²) in [4.78, 5) is 5.11. The summed E-state index contributed by atoms with van der Waals surface area (Å²) < 4.78 is 0. The summed E-state index contributed by atoms with van der Waals surface area (Å²) in [5.74, 6) is 0.905. The van der Waals surface area contributed by atoms with Crippen LogP contribution in [-0.2, 0) is 0 Å². The van der Waals surface area contributed by atoms with Crippen LogP contribution in [0.1, 0.15) is 19.3 Å². The van der Waals surface area contributed by atoms with Crippen LogP contribution >= 0.6 is 0 Å². The van der Waals surface area contributed by atoms with E-state index in [4.69, 9.17) is 5.73 Å². The van der Waals surface area contributed by atoms with Crippen LogP contribution in [0, 0.1) is 5.92 Å². The van der Waals surface area contributed by atoms with Gasteiger partial charge in [-0.15, -0.1) is 0 Å². The van der Waals surface area contributed by atoms with E-state index in [9.17, 15) is 0 Å². The number of para-hydroxylation sites is 1. The Balaban J connectivity index is 1.40. The lowest BCUT2D eigenvalue weighted by molar-refractivity contribution is 0.189. The van der Waals surface area contributed by atoms with Crippen molar-refractivity contribution in [2.45, 2.75) is 25.3 Å². The number of piperazine rings is 1. The number of hydrogen-bond donors (Lipinski definition) is 1. The number of nitrogens with zero attached hydrogens (tertiary/aromatic N) is 2. The van der Waals surface area contributed by atoms with Crippen molar-refractivity contribution < 1.29 is 0 Å². The van der Waals surface area contributed by atoms with Crippen LogP contribution in [0.2, 0.25) is 0 Å². The first-order valence-electron chi connectivity index (χ1n) is 7.59. The van der Waals surface area contributed by atoms with Crippen LogP contribution in [0.3, 0.4) is 0 Å². The third-order valence-electron chi connectivity index (χ3n) is 4.62. The Kier molecular flexibility index (Phi) is 4.04. The lowest BCUT2D eigenvalue weighted by Gasteiger charge is -2.38. The van der Waals surface area contributed by atoms with E-state index in [1.54, 1.807) is 0 Å². The van der Waals surface area contributed by atoms with Gasteiger partial charge in [0.25, 0.3) is 0 Å². The molecular weight excluding hydrogens is 234 g/mol. The lowest BCUT2D eigenvalue weighted by atomic mass is 9.79.